The van der Waals surface area contributed by atoms with Gasteiger partial charge in [-0.05, 0) is 57.8 Å². The number of carbonyl (C=O) groups is 1. The summed E-state index contributed by atoms with van der Waals surface area (Å²) in [7, 11) is 1.07. The van der Waals surface area contributed by atoms with Gasteiger partial charge in [-0.25, -0.2) is 4.39 Å². The van der Waals surface area contributed by atoms with E-state index in [1.807, 2.05) is 34.6 Å². The van der Waals surface area contributed by atoms with E-state index in [1.165, 1.54) is 12.1 Å². The molecule has 1 saturated heterocycles. The third-order valence-corrected chi connectivity index (χ3v) is 4.86. The van der Waals surface area contributed by atoms with Gasteiger partial charge in [-0.1, -0.05) is 6.07 Å². The molecule has 0 N–H and O–H groups in total. The number of likely N-dealkylation sites (N-methyl/N-ethyl adjacent to an activating group) is 1. The predicted octanol–water partition coefficient (Wildman–Crippen LogP) is 2.15. The van der Waals surface area contributed by atoms with Crippen molar-refractivity contribution in [3.63, 3.8) is 0 Å². The number of nitrogens with zero attached hydrogens (tertiary/aromatic N) is 1. The zero-order valence-electron chi connectivity index (χ0n) is 14.8. The van der Waals surface area contributed by atoms with Gasteiger partial charge in [0.15, 0.2) is 0 Å². The number of carbonyl (C=O) groups excluding carboxylic acids is 1. The van der Waals surface area contributed by atoms with Crippen LogP contribution in [0.2, 0.25) is 0 Å². The van der Waals surface area contributed by atoms with Crippen LogP contribution in [0.1, 0.15) is 40.2 Å². The maximum Gasteiger partial charge on any atom is 0.495 e. The van der Waals surface area contributed by atoms with Crippen molar-refractivity contribution in [3.8, 4) is 0 Å². The molecule has 0 atom stereocenters. The van der Waals surface area contributed by atoms with Gasteiger partial charge in [0.05, 0.1) is 17.6 Å². The van der Waals surface area contributed by atoms with Gasteiger partial charge in [0.2, 0.25) is 5.91 Å². The molecule has 0 radical (unpaired) electrons. The van der Waals surface area contributed by atoms with E-state index in [2.05, 4.69) is 0 Å². The maximum atomic E-state index is 13.7. The Morgan fingerprint density at radius 1 is 1.22 bits per heavy atom. The highest BCUT2D eigenvalue weighted by Gasteiger charge is 2.52. The molecule has 1 aromatic rings. The highest BCUT2D eigenvalue weighted by molar-refractivity contribution is 6.62. The van der Waals surface area contributed by atoms with Crippen LogP contribution in [-0.2, 0) is 20.5 Å². The Balaban J connectivity index is 2.32. The zero-order chi connectivity index (χ0) is 17.4. The summed E-state index contributed by atoms with van der Waals surface area (Å²) in [6.45, 7) is 10.3. The lowest BCUT2D eigenvalue weighted by molar-refractivity contribution is -0.128. The van der Waals surface area contributed by atoms with Gasteiger partial charge in [0, 0.05) is 13.6 Å². The van der Waals surface area contributed by atoms with Crippen molar-refractivity contribution in [3.05, 3.63) is 29.6 Å². The molecule has 0 aliphatic carbocycles. The first kappa shape index (κ1) is 18.0. The molecule has 1 aliphatic rings. The number of hydrogen-bond acceptors (Lipinski definition) is 3. The van der Waals surface area contributed by atoms with Crippen LogP contribution in [-0.4, -0.2) is 42.7 Å². The molecule has 1 aromatic carbocycles. The van der Waals surface area contributed by atoms with E-state index >= 15 is 0 Å². The van der Waals surface area contributed by atoms with E-state index in [0.717, 1.165) is 5.56 Å². The van der Waals surface area contributed by atoms with Crippen molar-refractivity contribution >= 4 is 18.5 Å². The van der Waals surface area contributed by atoms with Crippen molar-refractivity contribution in [1.29, 1.82) is 0 Å². The molecule has 0 bridgehead atoms. The number of rotatable bonds is 4. The first-order valence-corrected chi connectivity index (χ1v) is 7.95. The fourth-order valence-electron chi connectivity index (χ4n) is 2.39. The molecule has 126 valence electrons. The smallest absolute Gasteiger partial charge is 0.399 e. The maximum absolute atomic E-state index is 13.7. The van der Waals surface area contributed by atoms with E-state index in [1.54, 1.807) is 18.0 Å². The molecule has 2 rings (SSSR count). The molecule has 23 heavy (non-hydrogen) atoms. The molecule has 1 heterocycles. The van der Waals surface area contributed by atoms with Crippen molar-refractivity contribution < 1.29 is 18.5 Å². The molecule has 6 heteroatoms. The average Bonchev–Trinajstić information content (AvgIpc) is 2.68. The Kier molecular flexibility index (Phi) is 4.88. The van der Waals surface area contributed by atoms with Gasteiger partial charge < -0.3 is 14.2 Å². The van der Waals surface area contributed by atoms with E-state index < -0.39 is 18.3 Å². The molecule has 0 spiro atoms. The lowest BCUT2D eigenvalue weighted by Gasteiger charge is -2.32. The molecule has 1 amide bonds. The number of amides is 1. The van der Waals surface area contributed by atoms with Crippen LogP contribution in [0.15, 0.2) is 18.2 Å². The fourth-order valence-corrected chi connectivity index (χ4v) is 2.39. The number of halogens is 1. The Morgan fingerprint density at radius 2 is 1.78 bits per heavy atom. The van der Waals surface area contributed by atoms with Crippen LogP contribution in [0.5, 0.6) is 0 Å². The minimum atomic E-state index is -0.676. The van der Waals surface area contributed by atoms with E-state index in [0.29, 0.717) is 12.0 Å². The molecular formula is C17H25BFNO3. The second kappa shape index (κ2) is 6.25. The van der Waals surface area contributed by atoms with Gasteiger partial charge >= 0.3 is 7.12 Å². The summed E-state index contributed by atoms with van der Waals surface area (Å²) in [5.41, 5.74) is 0.299. The summed E-state index contributed by atoms with van der Waals surface area (Å²) in [5, 5.41) is 0. The third kappa shape index (κ3) is 3.58. The molecule has 1 fully saturated rings. The average molecular weight is 321 g/mol. The monoisotopic (exact) mass is 321 g/mol. The molecule has 0 saturated carbocycles. The van der Waals surface area contributed by atoms with E-state index in [-0.39, 0.29) is 18.1 Å². The zero-order valence-corrected chi connectivity index (χ0v) is 14.8. The number of benzene rings is 1. The number of hydrogen-bond donors (Lipinski definition) is 0. The minimum absolute atomic E-state index is 0.0168. The molecule has 4 nitrogen and oxygen atoms in total. The van der Waals surface area contributed by atoms with Crippen LogP contribution < -0.4 is 5.46 Å². The van der Waals surface area contributed by atoms with Gasteiger partial charge in [0.1, 0.15) is 5.82 Å². The Labute approximate surface area is 138 Å². The van der Waals surface area contributed by atoms with Gasteiger partial charge in [-0.15, -0.1) is 0 Å². The standard InChI is InChI=1S/C17H25BFNO3/c1-7-20(6)15(21)10-12-8-9-13(19)11-14(12)18-22-16(2,3)17(4,5)23-18/h8-9,11H,7,10H2,1-6H3. The van der Waals surface area contributed by atoms with Crippen molar-refractivity contribution in [2.45, 2.75) is 52.2 Å². The fraction of sp³-hybridized carbons (Fsp3) is 0.588. The summed E-state index contributed by atoms with van der Waals surface area (Å²) >= 11 is 0. The van der Waals surface area contributed by atoms with E-state index in [9.17, 15) is 9.18 Å². The van der Waals surface area contributed by atoms with Crippen molar-refractivity contribution in [2.75, 3.05) is 13.6 Å². The van der Waals surface area contributed by atoms with E-state index in [4.69, 9.17) is 9.31 Å². The first-order chi connectivity index (χ1) is 10.6. The van der Waals surface area contributed by atoms with Crippen LogP contribution in [0, 0.1) is 5.82 Å². The molecule has 0 aromatic heterocycles. The van der Waals surface area contributed by atoms with Gasteiger partial charge in [-0.3, -0.25) is 4.79 Å². The van der Waals surface area contributed by atoms with Crippen molar-refractivity contribution in [2.24, 2.45) is 0 Å². The second-order valence-electron chi connectivity index (χ2n) is 7.02. The highest BCUT2D eigenvalue weighted by Crippen LogP contribution is 2.36. The molecule has 0 unspecified atom stereocenters. The lowest BCUT2D eigenvalue weighted by Crippen LogP contribution is -2.41. The summed E-state index contributed by atoms with van der Waals surface area (Å²) in [6.07, 6.45) is 0.198. The second-order valence-corrected chi connectivity index (χ2v) is 7.02. The quantitative estimate of drug-likeness (QED) is 0.798. The Morgan fingerprint density at radius 3 is 2.30 bits per heavy atom. The lowest BCUT2D eigenvalue weighted by atomic mass is 9.75. The highest BCUT2D eigenvalue weighted by atomic mass is 19.1. The van der Waals surface area contributed by atoms with Gasteiger partial charge in [0.25, 0.3) is 0 Å². The van der Waals surface area contributed by atoms with Gasteiger partial charge in [-0.2, -0.15) is 0 Å². The topological polar surface area (TPSA) is 38.8 Å². The van der Waals surface area contributed by atoms with Crippen LogP contribution in [0.25, 0.3) is 0 Å². The summed E-state index contributed by atoms with van der Waals surface area (Å²) in [6, 6.07) is 4.40. The Bertz CT molecular complexity index is 588. The Hall–Kier alpha value is -1.40. The summed E-state index contributed by atoms with van der Waals surface area (Å²) in [5.74, 6) is -0.383. The van der Waals surface area contributed by atoms with Crippen molar-refractivity contribution in [1.82, 2.24) is 4.90 Å². The summed E-state index contributed by atoms with van der Waals surface area (Å²) < 4.78 is 25.7. The molecule has 1 aliphatic heterocycles. The SMILES string of the molecule is CCN(C)C(=O)Cc1ccc(F)cc1B1OC(C)(C)C(C)(C)O1. The minimum Gasteiger partial charge on any atom is -0.399 e. The predicted molar refractivity (Wildman–Crippen MR) is 89.1 cm³/mol. The normalized spacial score (nSPS) is 19.0. The third-order valence-electron chi connectivity index (χ3n) is 4.86. The van der Waals surface area contributed by atoms with Crippen LogP contribution in [0.4, 0.5) is 4.39 Å². The summed E-state index contributed by atoms with van der Waals surface area (Å²) in [4.78, 5) is 13.8. The largest absolute Gasteiger partial charge is 0.495 e. The first-order valence-electron chi connectivity index (χ1n) is 7.95. The van der Waals surface area contributed by atoms with Crippen LogP contribution in [0.3, 0.4) is 0 Å². The molecular weight excluding hydrogens is 296 g/mol. The van der Waals surface area contributed by atoms with Crippen LogP contribution >= 0.6 is 0 Å².